The molecule has 0 amide bonds. The van der Waals surface area contributed by atoms with Gasteiger partial charge < -0.3 is 10.6 Å². The molecule has 0 radical (unpaired) electrons. The van der Waals surface area contributed by atoms with E-state index in [4.69, 9.17) is 5.73 Å². The minimum atomic E-state index is 0.129. The van der Waals surface area contributed by atoms with Gasteiger partial charge in [-0.05, 0) is 30.0 Å². The van der Waals surface area contributed by atoms with E-state index in [9.17, 15) is 0 Å². The Kier molecular flexibility index (Phi) is 6.22. The van der Waals surface area contributed by atoms with Gasteiger partial charge in [-0.15, -0.1) is 0 Å². The Bertz CT molecular complexity index is 405. The molecule has 118 valence electrons. The van der Waals surface area contributed by atoms with E-state index in [0.717, 1.165) is 19.6 Å². The van der Waals surface area contributed by atoms with Crippen LogP contribution >= 0.6 is 0 Å². The lowest BCUT2D eigenvalue weighted by atomic mass is 9.99. The minimum absolute atomic E-state index is 0.129. The van der Waals surface area contributed by atoms with Crippen LogP contribution in [-0.2, 0) is 0 Å². The summed E-state index contributed by atoms with van der Waals surface area (Å²) in [5, 5.41) is 0. The van der Waals surface area contributed by atoms with Gasteiger partial charge in [0.2, 0.25) is 0 Å². The lowest BCUT2D eigenvalue weighted by Gasteiger charge is -2.35. The van der Waals surface area contributed by atoms with Crippen molar-refractivity contribution in [2.75, 3.05) is 39.3 Å². The Balaban J connectivity index is 1.83. The Morgan fingerprint density at radius 2 is 1.48 bits per heavy atom. The highest BCUT2D eigenvalue weighted by Crippen LogP contribution is 2.18. The van der Waals surface area contributed by atoms with Crippen LogP contribution < -0.4 is 5.73 Å². The molecule has 0 bridgehead atoms. The smallest absolute Gasteiger partial charge is 0.0424 e. The molecule has 1 heterocycles. The summed E-state index contributed by atoms with van der Waals surface area (Å²) in [4.78, 5) is 5.06. The number of piperazine rings is 1. The maximum absolute atomic E-state index is 6.39. The largest absolute Gasteiger partial charge is 0.323 e. The molecule has 1 aliphatic heterocycles. The first-order valence-electron chi connectivity index (χ1n) is 8.40. The van der Waals surface area contributed by atoms with Crippen LogP contribution in [0, 0.1) is 0 Å². The summed E-state index contributed by atoms with van der Waals surface area (Å²) in [6.45, 7) is 13.6. The average molecular weight is 289 g/mol. The summed E-state index contributed by atoms with van der Waals surface area (Å²) in [5.74, 6) is 0.585. The normalized spacial score (nSPS) is 19.1. The molecule has 2 N–H and O–H groups in total. The van der Waals surface area contributed by atoms with Crippen LogP contribution in [0.1, 0.15) is 50.3 Å². The van der Waals surface area contributed by atoms with Crippen molar-refractivity contribution in [3.63, 3.8) is 0 Å². The zero-order valence-electron chi connectivity index (χ0n) is 13.9. The molecule has 21 heavy (non-hydrogen) atoms. The van der Waals surface area contributed by atoms with Crippen molar-refractivity contribution in [1.82, 2.24) is 9.80 Å². The number of rotatable bonds is 6. The first-order valence-corrected chi connectivity index (χ1v) is 8.40. The van der Waals surface area contributed by atoms with E-state index in [1.54, 1.807) is 0 Å². The third kappa shape index (κ3) is 4.80. The maximum Gasteiger partial charge on any atom is 0.0424 e. The van der Waals surface area contributed by atoms with Crippen LogP contribution in [0.3, 0.4) is 0 Å². The molecule has 1 aliphatic rings. The molecular formula is C18H31N3. The summed E-state index contributed by atoms with van der Waals surface area (Å²) >= 11 is 0. The summed E-state index contributed by atoms with van der Waals surface area (Å²) in [6.07, 6.45) is 1.25. The molecule has 1 fully saturated rings. The predicted octanol–water partition coefficient (Wildman–Crippen LogP) is 2.84. The number of nitrogens with two attached hydrogens (primary N) is 1. The van der Waals surface area contributed by atoms with Crippen LogP contribution in [0.5, 0.6) is 0 Å². The standard InChI is InChI=1S/C18H31N3/c1-4-9-20-10-12-21(13-11-20)14-18(19)17-7-5-16(6-8-17)15(2)3/h5-8,15,18H,4,9-14,19H2,1-3H3. The van der Waals surface area contributed by atoms with Gasteiger partial charge in [-0.1, -0.05) is 45.0 Å². The van der Waals surface area contributed by atoms with Gasteiger partial charge in [0, 0.05) is 38.8 Å². The van der Waals surface area contributed by atoms with Gasteiger partial charge in [0.15, 0.2) is 0 Å². The summed E-state index contributed by atoms with van der Waals surface area (Å²) in [5.41, 5.74) is 9.04. The van der Waals surface area contributed by atoms with Crippen LogP contribution in [0.15, 0.2) is 24.3 Å². The second-order valence-electron chi connectivity index (χ2n) is 6.57. The lowest BCUT2D eigenvalue weighted by Crippen LogP contribution is -2.48. The van der Waals surface area contributed by atoms with E-state index in [2.05, 4.69) is 54.8 Å². The van der Waals surface area contributed by atoms with Gasteiger partial charge >= 0.3 is 0 Å². The second-order valence-corrected chi connectivity index (χ2v) is 6.57. The monoisotopic (exact) mass is 289 g/mol. The minimum Gasteiger partial charge on any atom is -0.323 e. The molecule has 3 heteroatoms. The Morgan fingerprint density at radius 1 is 0.952 bits per heavy atom. The number of benzene rings is 1. The van der Waals surface area contributed by atoms with Crippen molar-refractivity contribution in [1.29, 1.82) is 0 Å². The quantitative estimate of drug-likeness (QED) is 0.874. The fraction of sp³-hybridized carbons (Fsp3) is 0.667. The van der Waals surface area contributed by atoms with Crippen molar-refractivity contribution >= 4 is 0 Å². The van der Waals surface area contributed by atoms with Gasteiger partial charge in [-0.2, -0.15) is 0 Å². The molecule has 1 unspecified atom stereocenters. The predicted molar refractivity (Wildman–Crippen MR) is 90.6 cm³/mol. The van der Waals surface area contributed by atoms with E-state index in [-0.39, 0.29) is 6.04 Å². The molecule has 3 nitrogen and oxygen atoms in total. The van der Waals surface area contributed by atoms with Crippen molar-refractivity contribution in [3.05, 3.63) is 35.4 Å². The number of hydrogen-bond donors (Lipinski definition) is 1. The van der Waals surface area contributed by atoms with Gasteiger partial charge in [0.1, 0.15) is 0 Å². The lowest BCUT2D eigenvalue weighted by molar-refractivity contribution is 0.127. The fourth-order valence-corrected chi connectivity index (χ4v) is 3.02. The molecule has 1 saturated heterocycles. The molecule has 1 aromatic rings. The maximum atomic E-state index is 6.39. The summed E-state index contributed by atoms with van der Waals surface area (Å²) in [6, 6.07) is 8.97. The van der Waals surface area contributed by atoms with Crippen LogP contribution in [0.2, 0.25) is 0 Å². The number of hydrogen-bond acceptors (Lipinski definition) is 3. The zero-order valence-corrected chi connectivity index (χ0v) is 13.9. The van der Waals surface area contributed by atoms with E-state index in [0.29, 0.717) is 5.92 Å². The number of nitrogens with zero attached hydrogens (tertiary/aromatic N) is 2. The molecule has 2 rings (SSSR count). The molecule has 0 aliphatic carbocycles. The Morgan fingerprint density at radius 3 is 2.00 bits per heavy atom. The molecule has 0 aromatic heterocycles. The SMILES string of the molecule is CCCN1CCN(CC(N)c2ccc(C(C)C)cc2)CC1. The first kappa shape index (κ1) is 16.5. The average Bonchev–Trinajstić information content (AvgIpc) is 2.49. The molecule has 0 spiro atoms. The molecular weight excluding hydrogens is 258 g/mol. The third-order valence-corrected chi connectivity index (χ3v) is 4.49. The van der Waals surface area contributed by atoms with Gasteiger partial charge in [-0.25, -0.2) is 0 Å². The van der Waals surface area contributed by atoms with E-state index in [1.165, 1.54) is 37.2 Å². The van der Waals surface area contributed by atoms with Crippen molar-refractivity contribution in [2.24, 2.45) is 5.73 Å². The van der Waals surface area contributed by atoms with E-state index >= 15 is 0 Å². The van der Waals surface area contributed by atoms with Crippen LogP contribution in [0.25, 0.3) is 0 Å². The summed E-state index contributed by atoms with van der Waals surface area (Å²) < 4.78 is 0. The topological polar surface area (TPSA) is 32.5 Å². The highest BCUT2D eigenvalue weighted by molar-refractivity contribution is 5.26. The van der Waals surface area contributed by atoms with Gasteiger partial charge in [-0.3, -0.25) is 4.90 Å². The van der Waals surface area contributed by atoms with Crippen molar-refractivity contribution in [2.45, 2.75) is 39.2 Å². The fourth-order valence-electron chi connectivity index (χ4n) is 3.02. The highest BCUT2D eigenvalue weighted by atomic mass is 15.3. The zero-order chi connectivity index (χ0) is 15.2. The van der Waals surface area contributed by atoms with E-state index in [1.807, 2.05) is 0 Å². The van der Waals surface area contributed by atoms with Crippen molar-refractivity contribution in [3.8, 4) is 0 Å². The van der Waals surface area contributed by atoms with Crippen LogP contribution in [-0.4, -0.2) is 49.1 Å². The van der Waals surface area contributed by atoms with E-state index < -0.39 is 0 Å². The Hall–Kier alpha value is -0.900. The van der Waals surface area contributed by atoms with Gasteiger partial charge in [0.05, 0.1) is 0 Å². The molecule has 0 saturated carbocycles. The third-order valence-electron chi connectivity index (χ3n) is 4.49. The summed E-state index contributed by atoms with van der Waals surface area (Å²) in [7, 11) is 0. The van der Waals surface area contributed by atoms with Crippen LogP contribution in [0.4, 0.5) is 0 Å². The second kappa shape index (κ2) is 7.92. The Labute approximate surface area is 130 Å². The highest BCUT2D eigenvalue weighted by Gasteiger charge is 2.18. The van der Waals surface area contributed by atoms with Crippen molar-refractivity contribution < 1.29 is 0 Å². The first-order chi connectivity index (χ1) is 10.1. The van der Waals surface area contributed by atoms with Gasteiger partial charge in [0.25, 0.3) is 0 Å². The molecule has 1 aromatic carbocycles. The molecule has 1 atom stereocenters.